The van der Waals surface area contributed by atoms with Crippen molar-refractivity contribution in [1.82, 2.24) is 0 Å². The van der Waals surface area contributed by atoms with E-state index in [0.29, 0.717) is 0 Å². The van der Waals surface area contributed by atoms with Crippen LogP contribution in [0, 0.1) is 5.41 Å². The van der Waals surface area contributed by atoms with E-state index < -0.39 is 58.3 Å². The summed E-state index contributed by atoms with van der Waals surface area (Å²) in [5.41, 5.74) is 0. The van der Waals surface area contributed by atoms with Crippen LogP contribution in [-0.2, 0) is 42.8 Å². The average molecular weight is 491 g/mol. The van der Waals surface area contributed by atoms with E-state index in [2.05, 4.69) is 6.58 Å². The van der Waals surface area contributed by atoms with E-state index >= 15 is 0 Å². The van der Waals surface area contributed by atoms with Gasteiger partial charge in [-0.1, -0.05) is 40.9 Å². The highest BCUT2D eigenvalue weighted by Crippen LogP contribution is 2.33. The van der Waals surface area contributed by atoms with Gasteiger partial charge in [0, 0.05) is 20.8 Å². The van der Waals surface area contributed by atoms with Gasteiger partial charge in [0.1, 0.15) is 18.8 Å². The highest BCUT2D eigenvalue weighted by Gasteiger charge is 2.53. The lowest BCUT2D eigenvalue weighted by atomic mass is 9.98. The second-order valence-electron chi connectivity index (χ2n) is 6.02. The molecule has 1 heterocycles. The summed E-state index contributed by atoms with van der Waals surface area (Å²) in [4.78, 5) is 34.6. The van der Waals surface area contributed by atoms with Gasteiger partial charge in [-0.3, -0.25) is 19.8 Å². The standard InChI is InChI=1S/C17H22Cl3NO9/c1-5-6-25-13-12(27-9(3)23)11(7-26-8(2)22)29-15(14(13)28-10(4)24)30-16(21)17(18,19)20/h5,11-15,21H,1,6-7H2,2-4H3/t11-,12-,13+,14-,15-/m1/s1. The van der Waals surface area contributed by atoms with Crippen molar-refractivity contribution in [3.8, 4) is 0 Å². The van der Waals surface area contributed by atoms with E-state index in [0.717, 1.165) is 13.8 Å². The molecule has 1 fully saturated rings. The van der Waals surface area contributed by atoms with E-state index in [-0.39, 0.29) is 13.2 Å². The van der Waals surface area contributed by atoms with E-state index in [1.807, 2.05) is 0 Å². The lowest BCUT2D eigenvalue weighted by Gasteiger charge is -2.44. The molecule has 0 radical (unpaired) electrons. The highest BCUT2D eigenvalue weighted by molar-refractivity contribution is 6.76. The van der Waals surface area contributed by atoms with E-state index in [1.54, 1.807) is 0 Å². The second-order valence-corrected chi connectivity index (χ2v) is 8.31. The summed E-state index contributed by atoms with van der Waals surface area (Å²) in [6.07, 6.45) is -4.89. The number of hydrogen-bond donors (Lipinski definition) is 1. The molecule has 10 nitrogen and oxygen atoms in total. The number of esters is 3. The average Bonchev–Trinajstić information content (AvgIpc) is 2.60. The van der Waals surface area contributed by atoms with Crippen LogP contribution in [0.15, 0.2) is 12.7 Å². The van der Waals surface area contributed by atoms with Crippen molar-refractivity contribution >= 4 is 58.6 Å². The molecule has 0 saturated carbocycles. The molecule has 0 amide bonds. The molecule has 1 saturated heterocycles. The third-order valence-electron chi connectivity index (χ3n) is 3.54. The molecule has 0 aliphatic carbocycles. The van der Waals surface area contributed by atoms with Crippen molar-refractivity contribution in [2.24, 2.45) is 0 Å². The van der Waals surface area contributed by atoms with E-state index in [4.69, 9.17) is 68.6 Å². The van der Waals surface area contributed by atoms with Gasteiger partial charge in [0.25, 0.3) is 3.79 Å². The minimum atomic E-state index is -2.24. The third kappa shape index (κ3) is 8.27. The van der Waals surface area contributed by atoms with Gasteiger partial charge in [0.2, 0.25) is 12.2 Å². The Labute approximate surface area is 188 Å². The van der Waals surface area contributed by atoms with Gasteiger partial charge in [0.05, 0.1) is 6.61 Å². The quantitative estimate of drug-likeness (QED) is 0.136. The highest BCUT2D eigenvalue weighted by atomic mass is 35.6. The molecule has 0 bridgehead atoms. The normalized spacial score (nSPS) is 26.3. The van der Waals surface area contributed by atoms with Crippen LogP contribution in [0.4, 0.5) is 0 Å². The Morgan fingerprint density at radius 2 is 1.57 bits per heavy atom. The Morgan fingerprint density at radius 3 is 2.03 bits per heavy atom. The fourth-order valence-corrected chi connectivity index (χ4v) is 2.64. The first-order valence-electron chi connectivity index (χ1n) is 8.55. The van der Waals surface area contributed by atoms with Gasteiger partial charge in [-0.2, -0.15) is 0 Å². The molecule has 1 N–H and O–H groups in total. The molecule has 13 heteroatoms. The summed E-state index contributed by atoms with van der Waals surface area (Å²) in [6, 6.07) is 0. The molecule has 0 aromatic carbocycles. The summed E-state index contributed by atoms with van der Waals surface area (Å²) in [7, 11) is 0. The van der Waals surface area contributed by atoms with Gasteiger partial charge < -0.3 is 28.4 Å². The largest absolute Gasteiger partial charge is 0.463 e. The van der Waals surface area contributed by atoms with Crippen LogP contribution in [0.2, 0.25) is 0 Å². The summed E-state index contributed by atoms with van der Waals surface area (Å²) in [5, 5.41) is 7.79. The first-order valence-corrected chi connectivity index (χ1v) is 9.68. The Balaban J connectivity index is 3.33. The number of carbonyl (C=O) groups is 3. The van der Waals surface area contributed by atoms with Crippen LogP contribution < -0.4 is 0 Å². The maximum Gasteiger partial charge on any atom is 0.303 e. The zero-order valence-corrected chi connectivity index (χ0v) is 18.7. The molecular weight excluding hydrogens is 469 g/mol. The fraction of sp³-hybridized carbons (Fsp3) is 0.647. The molecule has 0 aromatic heterocycles. The maximum atomic E-state index is 11.7. The zero-order chi connectivity index (χ0) is 23.1. The molecule has 1 aliphatic rings. The van der Waals surface area contributed by atoms with Gasteiger partial charge in [-0.15, -0.1) is 6.58 Å². The molecule has 1 rings (SSSR count). The minimum Gasteiger partial charge on any atom is -0.463 e. The number of rotatable bonds is 8. The number of nitrogens with one attached hydrogen (secondary N) is 1. The molecule has 30 heavy (non-hydrogen) atoms. The third-order valence-corrected chi connectivity index (χ3v) is 4.06. The predicted octanol–water partition coefficient (Wildman–Crippen LogP) is 2.07. The molecule has 0 spiro atoms. The van der Waals surface area contributed by atoms with Gasteiger partial charge in [0.15, 0.2) is 12.2 Å². The Kier molecular flexibility index (Phi) is 10.3. The predicted molar refractivity (Wildman–Crippen MR) is 105 cm³/mol. The number of halogens is 3. The van der Waals surface area contributed by atoms with Crippen LogP contribution in [0.5, 0.6) is 0 Å². The Bertz CT molecular complexity index is 667. The van der Waals surface area contributed by atoms with Crippen molar-refractivity contribution in [1.29, 1.82) is 5.41 Å². The summed E-state index contributed by atoms with van der Waals surface area (Å²) in [6.45, 7) is 6.57. The topological polar surface area (TPSA) is 130 Å². The summed E-state index contributed by atoms with van der Waals surface area (Å²) < 4.78 is 29.8. The van der Waals surface area contributed by atoms with Crippen molar-refractivity contribution in [3.63, 3.8) is 0 Å². The van der Waals surface area contributed by atoms with Gasteiger partial charge >= 0.3 is 17.9 Å². The lowest BCUT2D eigenvalue weighted by molar-refractivity contribution is -0.295. The summed E-state index contributed by atoms with van der Waals surface area (Å²) in [5.74, 6) is -2.89. The fourth-order valence-electron chi connectivity index (χ4n) is 2.51. The van der Waals surface area contributed by atoms with Crippen LogP contribution in [0.25, 0.3) is 0 Å². The van der Waals surface area contributed by atoms with Crippen molar-refractivity contribution in [3.05, 3.63) is 12.7 Å². The van der Waals surface area contributed by atoms with Crippen LogP contribution >= 0.6 is 34.8 Å². The Hall–Kier alpha value is -1.59. The lowest BCUT2D eigenvalue weighted by Crippen LogP contribution is -2.63. The van der Waals surface area contributed by atoms with Crippen molar-refractivity contribution in [2.45, 2.75) is 55.3 Å². The zero-order valence-electron chi connectivity index (χ0n) is 16.4. The molecule has 1 aliphatic heterocycles. The van der Waals surface area contributed by atoms with E-state index in [9.17, 15) is 14.4 Å². The monoisotopic (exact) mass is 489 g/mol. The molecule has 0 aromatic rings. The molecule has 5 atom stereocenters. The molecule has 0 unspecified atom stereocenters. The first kappa shape index (κ1) is 26.4. The van der Waals surface area contributed by atoms with Crippen molar-refractivity contribution in [2.75, 3.05) is 13.2 Å². The minimum absolute atomic E-state index is 0.0326. The number of ether oxygens (including phenoxy) is 6. The van der Waals surface area contributed by atoms with Gasteiger partial charge in [-0.25, -0.2) is 0 Å². The van der Waals surface area contributed by atoms with Crippen LogP contribution in [0.3, 0.4) is 0 Å². The SMILES string of the molecule is C=CCO[C@@H]1[C@@H](OC(C)=O)[C@@H](OC(=N)C(Cl)(Cl)Cl)O[C@H](COC(C)=O)[C@H]1OC(C)=O. The Morgan fingerprint density at radius 1 is 1.00 bits per heavy atom. The van der Waals surface area contributed by atoms with E-state index in [1.165, 1.54) is 13.0 Å². The number of carbonyl (C=O) groups excluding carboxylic acids is 3. The molecular formula is C17H22Cl3NO9. The van der Waals surface area contributed by atoms with Crippen molar-refractivity contribution < 1.29 is 42.8 Å². The van der Waals surface area contributed by atoms with Crippen LogP contribution in [0.1, 0.15) is 20.8 Å². The maximum absolute atomic E-state index is 11.7. The smallest absolute Gasteiger partial charge is 0.303 e. The number of hydrogen-bond acceptors (Lipinski definition) is 10. The van der Waals surface area contributed by atoms with Crippen LogP contribution in [-0.4, -0.2) is 71.5 Å². The first-order chi connectivity index (χ1) is 13.9. The summed E-state index contributed by atoms with van der Waals surface area (Å²) >= 11 is 16.9. The number of alkyl halides is 3. The second kappa shape index (κ2) is 11.7. The molecule has 170 valence electrons. The van der Waals surface area contributed by atoms with Gasteiger partial charge in [-0.05, 0) is 0 Å².